The van der Waals surface area contributed by atoms with Gasteiger partial charge in [-0.05, 0) is 18.1 Å². The fraction of sp³-hybridized carbons (Fsp3) is 0.467. The topological polar surface area (TPSA) is 58.2 Å². The number of carbonyl (C=O) groups excluding carboxylic acids is 2. The van der Waals surface area contributed by atoms with Gasteiger partial charge < -0.3 is 10.6 Å². The zero-order valence-corrected chi connectivity index (χ0v) is 12.0. The molecular formula is C15H17F3N2O2. The molecule has 0 heterocycles. The number of rotatable bonds is 5. The maximum absolute atomic E-state index is 12.9. The lowest BCUT2D eigenvalue weighted by molar-refractivity contribution is -0.138. The summed E-state index contributed by atoms with van der Waals surface area (Å²) in [4.78, 5) is 22.7. The third-order valence-electron chi connectivity index (χ3n) is 3.57. The highest BCUT2D eigenvalue weighted by atomic mass is 19.4. The van der Waals surface area contributed by atoms with Gasteiger partial charge in [-0.3, -0.25) is 9.59 Å². The Balaban J connectivity index is 1.93. The second-order valence-electron chi connectivity index (χ2n) is 5.23. The van der Waals surface area contributed by atoms with Gasteiger partial charge in [0.2, 0.25) is 11.8 Å². The van der Waals surface area contributed by atoms with Crippen molar-refractivity contribution >= 4 is 11.8 Å². The van der Waals surface area contributed by atoms with Crippen molar-refractivity contribution < 1.29 is 22.8 Å². The quantitative estimate of drug-likeness (QED) is 0.875. The van der Waals surface area contributed by atoms with E-state index in [9.17, 15) is 22.8 Å². The monoisotopic (exact) mass is 314 g/mol. The summed E-state index contributed by atoms with van der Waals surface area (Å²) in [5, 5.41) is 5.06. The van der Waals surface area contributed by atoms with Crippen LogP contribution in [-0.4, -0.2) is 24.4 Å². The summed E-state index contributed by atoms with van der Waals surface area (Å²) in [6.07, 6.45) is -3.65. The van der Waals surface area contributed by atoms with Crippen LogP contribution in [0.4, 0.5) is 13.2 Å². The zero-order chi connectivity index (χ0) is 16.3. The van der Waals surface area contributed by atoms with E-state index in [-0.39, 0.29) is 36.4 Å². The molecule has 1 aliphatic carbocycles. The van der Waals surface area contributed by atoms with Gasteiger partial charge in [0, 0.05) is 18.4 Å². The van der Waals surface area contributed by atoms with E-state index in [1.54, 1.807) is 13.0 Å². The maximum Gasteiger partial charge on any atom is 0.416 e. The molecule has 1 fully saturated rings. The average Bonchev–Trinajstić information content (AvgIpc) is 3.22. The molecule has 1 aromatic rings. The van der Waals surface area contributed by atoms with Crippen LogP contribution in [-0.2, 0) is 15.8 Å². The number of amides is 2. The van der Waals surface area contributed by atoms with Crippen molar-refractivity contribution in [3.8, 4) is 0 Å². The van der Waals surface area contributed by atoms with Crippen molar-refractivity contribution in [1.82, 2.24) is 10.6 Å². The Morgan fingerprint density at radius 3 is 2.55 bits per heavy atom. The molecule has 1 saturated carbocycles. The highest BCUT2D eigenvalue weighted by molar-refractivity contribution is 5.84. The number of carbonyl (C=O) groups is 2. The van der Waals surface area contributed by atoms with Crippen molar-refractivity contribution in [2.75, 3.05) is 6.54 Å². The van der Waals surface area contributed by atoms with Crippen LogP contribution in [0.3, 0.4) is 0 Å². The minimum absolute atomic E-state index is 0.156. The molecule has 0 spiro atoms. The Morgan fingerprint density at radius 1 is 1.23 bits per heavy atom. The van der Waals surface area contributed by atoms with Gasteiger partial charge in [0.15, 0.2) is 0 Å². The molecule has 0 radical (unpaired) electrons. The Bertz CT molecular complexity index is 572. The van der Waals surface area contributed by atoms with E-state index in [1.165, 1.54) is 12.1 Å². The Labute approximate surface area is 126 Å². The van der Waals surface area contributed by atoms with E-state index in [2.05, 4.69) is 10.6 Å². The lowest BCUT2D eigenvalue weighted by Crippen LogP contribution is -2.38. The SMILES string of the molecule is CCC(=O)NCC(=O)N[C@H]1C[C@@H]1c1ccccc1C(F)(F)F. The van der Waals surface area contributed by atoms with Gasteiger partial charge in [0.1, 0.15) is 0 Å². The Morgan fingerprint density at radius 2 is 1.91 bits per heavy atom. The average molecular weight is 314 g/mol. The first-order valence-corrected chi connectivity index (χ1v) is 7.05. The predicted molar refractivity (Wildman–Crippen MR) is 74.0 cm³/mol. The number of alkyl halides is 3. The molecule has 7 heteroatoms. The van der Waals surface area contributed by atoms with Crippen LogP contribution in [0, 0.1) is 0 Å². The smallest absolute Gasteiger partial charge is 0.351 e. The van der Waals surface area contributed by atoms with E-state index in [0.29, 0.717) is 6.42 Å². The minimum atomic E-state index is -4.40. The zero-order valence-electron chi connectivity index (χ0n) is 12.0. The molecule has 2 N–H and O–H groups in total. The summed E-state index contributed by atoms with van der Waals surface area (Å²) in [5.74, 6) is -0.965. The van der Waals surface area contributed by atoms with E-state index in [0.717, 1.165) is 6.07 Å². The molecule has 0 aromatic heterocycles. The van der Waals surface area contributed by atoms with Crippen molar-refractivity contribution in [2.24, 2.45) is 0 Å². The Kier molecular flexibility index (Phi) is 4.73. The van der Waals surface area contributed by atoms with Crippen molar-refractivity contribution in [2.45, 2.75) is 37.9 Å². The number of benzene rings is 1. The van der Waals surface area contributed by atoms with Gasteiger partial charge in [-0.15, -0.1) is 0 Å². The molecule has 0 saturated heterocycles. The van der Waals surface area contributed by atoms with Gasteiger partial charge in [-0.2, -0.15) is 13.2 Å². The van der Waals surface area contributed by atoms with Crippen molar-refractivity contribution in [3.05, 3.63) is 35.4 Å². The predicted octanol–water partition coefficient (Wildman–Crippen LogP) is 2.20. The molecule has 1 aromatic carbocycles. The largest absolute Gasteiger partial charge is 0.416 e. The van der Waals surface area contributed by atoms with Crippen molar-refractivity contribution in [1.29, 1.82) is 0 Å². The normalized spacial score (nSPS) is 20.4. The highest BCUT2D eigenvalue weighted by Crippen LogP contribution is 2.46. The summed E-state index contributed by atoms with van der Waals surface area (Å²) in [6.45, 7) is 1.51. The highest BCUT2D eigenvalue weighted by Gasteiger charge is 2.44. The third-order valence-corrected chi connectivity index (χ3v) is 3.57. The van der Waals surface area contributed by atoms with Crippen LogP contribution in [0.5, 0.6) is 0 Å². The standard InChI is InChI=1S/C15H17F3N2O2/c1-2-13(21)19-8-14(22)20-12-7-10(12)9-5-3-4-6-11(9)15(16,17)18/h3-6,10,12H,2,7-8H2,1H3,(H,19,21)(H,20,22)/t10-,12+/m1/s1. The molecular weight excluding hydrogens is 297 g/mol. The van der Waals surface area contributed by atoms with E-state index in [1.807, 2.05) is 0 Å². The summed E-state index contributed by atoms with van der Waals surface area (Å²) in [7, 11) is 0. The molecule has 22 heavy (non-hydrogen) atoms. The summed E-state index contributed by atoms with van der Waals surface area (Å²) in [5.41, 5.74) is -0.450. The third kappa shape index (κ3) is 3.99. The molecule has 0 bridgehead atoms. The first kappa shape index (κ1) is 16.3. The Hall–Kier alpha value is -2.05. The lowest BCUT2D eigenvalue weighted by atomic mass is 10.0. The molecule has 2 amide bonds. The van der Waals surface area contributed by atoms with E-state index in [4.69, 9.17) is 0 Å². The minimum Gasteiger partial charge on any atom is -0.351 e. The van der Waals surface area contributed by atoms with Gasteiger partial charge in [-0.25, -0.2) is 0 Å². The van der Waals surface area contributed by atoms with Gasteiger partial charge in [0.25, 0.3) is 0 Å². The number of nitrogens with one attached hydrogen (secondary N) is 2. The lowest BCUT2D eigenvalue weighted by Gasteiger charge is -2.12. The van der Waals surface area contributed by atoms with Crippen molar-refractivity contribution in [3.63, 3.8) is 0 Å². The molecule has 4 nitrogen and oxygen atoms in total. The first-order chi connectivity index (χ1) is 10.3. The summed E-state index contributed by atoms with van der Waals surface area (Å²) >= 11 is 0. The summed E-state index contributed by atoms with van der Waals surface area (Å²) < 4.78 is 38.8. The first-order valence-electron chi connectivity index (χ1n) is 7.05. The van der Waals surface area contributed by atoms with Crippen LogP contribution < -0.4 is 10.6 Å². The molecule has 0 aliphatic heterocycles. The van der Waals surface area contributed by atoms with Crippen LogP contribution in [0.1, 0.15) is 36.8 Å². The molecule has 1 aliphatic rings. The number of halogens is 3. The summed E-state index contributed by atoms with van der Waals surface area (Å²) in [6, 6.07) is 5.09. The second-order valence-corrected chi connectivity index (χ2v) is 5.23. The van der Waals surface area contributed by atoms with Gasteiger partial charge in [-0.1, -0.05) is 25.1 Å². The van der Waals surface area contributed by atoms with E-state index >= 15 is 0 Å². The molecule has 2 atom stereocenters. The van der Waals surface area contributed by atoms with Gasteiger partial charge in [0.05, 0.1) is 12.1 Å². The fourth-order valence-corrected chi connectivity index (χ4v) is 2.34. The molecule has 0 unspecified atom stereocenters. The molecule has 2 rings (SSSR count). The van der Waals surface area contributed by atoms with Gasteiger partial charge >= 0.3 is 6.18 Å². The maximum atomic E-state index is 12.9. The number of hydrogen-bond acceptors (Lipinski definition) is 2. The van der Waals surface area contributed by atoms with Crippen LogP contribution in [0.2, 0.25) is 0 Å². The van der Waals surface area contributed by atoms with Crippen LogP contribution in [0.15, 0.2) is 24.3 Å². The fourth-order valence-electron chi connectivity index (χ4n) is 2.34. The molecule has 120 valence electrons. The number of hydrogen-bond donors (Lipinski definition) is 2. The van der Waals surface area contributed by atoms with Crippen LogP contribution in [0.25, 0.3) is 0 Å². The van der Waals surface area contributed by atoms with E-state index < -0.39 is 17.6 Å². The van der Waals surface area contributed by atoms with Crippen LogP contribution >= 0.6 is 0 Å². The second kappa shape index (κ2) is 6.37.